The highest BCUT2D eigenvalue weighted by atomic mass is 32.1. The van der Waals surface area contributed by atoms with Crippen LogP contribution in [0.1, 0.15) is 32.7 Å². The number of nitrogens with one attached hydrogen (secondary N) is 1. The number of nitrogens with zero attached hydrogens (tertiary/aromatic N) is 2. The summed E-state index contributed by atoms with van der Waals surface area (Å²) in [6.07, 6.45) is 0. The van der Waals surface area contributed by atoms with Gasteiger partial charge in [-0.05, 0) is 67.8 Å². The van der Waals surface area contributed by atoms with E-state index in [1.165, 1.54) is 33.7 Å². The van der Waals surface area contributed by atoms with Gasteiger partial charge >= 0.3 is 0 Å². The van der Waals surface area contributed by atoms with Crippen molar-refractivity contribution in [1.29, 1.82) is 0 Å². The largest absolute Gasteiger partial charge is 0.340 e. The Balaban J connectivity index is 1.46. The van der Waals surface area contributed by atoms with Crippen LogP contribution >= 0.6 is 11.3 Å². The first kappa shape index (κ1) is 19.5. The van der Waals surface area contributed by atoms with Gasteiger partial charge < -0.3 is 4.57 Å². The number of thiazole rings is 1. The van der Waals surface area contributed by atoms with Crippen LogP contribution in [0.15, 0.2) is 66.7 Å². The van der Waals surface area contributed by atoms with E-state index in [0.29, 0.717) is 10.7 Å². The molecule has 5 rings (SSSR count). The Morgan fingerprint density at radius 1 is 1.00 bits per heavy atom. The van der Waals surface area contributed by atoms with Crippen LogP contribution < -0.4 is 5.32 Å². The molecule has 0 spiro atoms. The van der Waals surface area contributed by atoms with Crippen LogP contribution in [0, 0.1) is 20.8 Å². The third-order valence-electron chi connectivity index (χ3n) is 5.85. The summed E-state index contributed by atoms with van der Waals surface area (Å²) in [7, 11) is 0. The lowest BCUT2D eigenvalue weighted by atomic mass is 10.1. The molecule has 0 aliphatic rings. The van der Waals surface area contributed by atoms with E-state index in [1.807, 2.05) is 30.3 Å². The Bertz CT molecular complexity index is 1430. The van der Waals surface area contributed by atoms with Crippen LogP contribution in [-0.4, -0.2) is 15.5 Å². The van der Waals surface area contributed by atoms with Gasteiger partial charge in [-0.1, -0.05) is 47.7 Å². The molecule has 2 heterocycles. The molecule has 0 atom stereocenters. The second-order valence-electron chi connectivity index (χ2n) is 7.96. The summed E-state index contributed by atoms with van der Waals surface area (Å²) >= 11 is 1.50. The molecular formula is C26H23N3OS. The highest BCUT2D eigenvalue weighted by Crippen LogP contribution is 2.29. The molecule has 154 valence electrons. The van der Waals surface area contributed by atoms with Crippen molar-refractivity contribution < 1.29 is 4.79 Å². The van der Waals surface area contributed by atoms with Gasteiger partial charge in [-0.2, -0.15) is 0 Å². The van der Waals surface area contributed by atoms with E-state index in [9.17, 15) is 4.79 Å². The number of aromatic nitrogens is 2. The number of benzene rings is 3. The van der Waals surface area contributed by atoms with Crippen molar-refractivity contribution >= 4 is 43.5 Å². The fourth-order valence-electron chi connectivity index (χ4n) is 4.02. The number of rotatable bonds is 4. The Morgan fingerprint density at radius 2 is 1.81 bits per heavy atom. The van der Waals surface area contributed by atoms with Crippen molar-refractivity contribution in [2.45, 2.75) is 27.3 Å². The summed E-state index contributed by atoms with van der Waals surface area (Å²) in [5.74, 6) is -0.134. The van der Waals surface area contributed by atoms with Gasteiger partial charge in [-0.3, -0.25) is 10.1 Å². The predicted molar refractivity (Wildman–Crippen MR) is 129 cm³/mol. The predicted octanol–water partition coefficient (Wildman–Crippen LogP) is 6.48. The molecule has 0 saturated carbocycles. The van der Waals surface area contributed by atoms with Gasteiger partial charge in [0.15, 0.2) is 5.13 Å². The topological polar surface area (TPSA) is 46.9 Å². The van der Waals surface area contributed by atoms with E-state index in [-0.39, 0.29) is 5.91 Å². The third-order valence-corrected chi connectivity index (χ3v) is 6.78. The van der Waals surface area contributed by atoms with E-state index in [4.69, 9.17) is 0 Å². The number of hydrogen-bond donors (Lipinski definition) is 1. The fraction of sp³-hybridized carbons (Fsp3) is 0.154. The zero-order chi connectivity index (χ0) is 21.5. The fourth-order valence-corrected chi connectivity index (χ4v) is 4.97. The molecule has 0 unspecified atom stereocenters. The minimum absolute atomic E-state index is 0.134. The highest BCUT2D eigenvalue weighted by Gasteiger charge is 2.15. The van der Waals surface area contributed by atoms with Crippen LogP contribution in [0.25, 0.3) is 21.1 Å². The number of fused-ring (bicyclic) bond motifs is 2. The second kappa shape index (κ2) is 7.67. The van der Waals surface area contributed by atoms with Gasteiger partial charge in [0.2, 0.25) is 0 Å². The molecular weight excluding hydrogens is 402 g/mol. The number of aryl methyl sites for hydroxylation is 2. The van der Waals surface area contributed by atoms with Crippen LogP contribution in [-0.2, 0) is 6.54 Å². The summed E-state index contributed by atoms with van der Waals surface area (Å²) in [5, 5.41) is 4.71. The molecule has 0 bridgehead atoms. The first-order valence-corrected chi connectivity index (χ1v) is 11.1. The van der Waals surface area contributed by atoms with Crippen molar-refractivity contribution in [3.8, 4) is 0 Å². The maximum atomic E-state index is 12.9. The smallest absolute Gasteiger partial charge is 0.257 e. The van der Waals surface area contributed by atoms with Crippen molar-refractivity contribution in [2.75, 3.05) is 5.32 Å². The minimum atomic E-state index is -0.134. The number of carbonyl (C=O) groups excluding carboxylic acids is 1. The number of anilines is 1. The molecule has 4 nitrogen and oxygen atoms in total. The quantitative estimate of drug-likeness (QED) is 0.358. The van der Waals surface area contributed by atoms with Crippen molar-refractivity contribution in [2.24, 2.45) is 0 Å². The molecule has 0 aliphatic carbocycles. The van der Waals surface area contributed by atoms with Crippen molar-refractivity contribution in [3.63, 3.8) is 0 Å². The molecule has 1 amide bonds. The van der Waals surface area contributed by atoms with E-state index in [2.05, 4.69) is 72.0 Å². The molecule has 5 heteroatoms. The van der Waals surface area contributed by atoms with Crippen LogP contribution in [0.2, 0.25) is 0 Å². The standard InChI is InChI=1S/C26H23N3OS/c1-16-9-11-22-24(13-16)31-26(27-22)28-25(30)20-10-12-23-21(14-20)17(2)18(3)29(23)15-19-7-5-4-6-8-19/h4-14H,15H2,1-3H3,(H,27,28,30). The molecule has 3 aromatic carbocycles. The van der Waals surface area contributed by atoms with Gasteiger partial charge in [0, 0.05) is 28.7 Å². The molecule has 0 radical (unpaired) electrons. The van der Waals surface area contributed by atoms with E-state index >= 15 is 0 Å². The number of carbonyl (C=O) groups is 1. The summed E-state index contributed by atoms with van der Waals surface area (Å²) in [4.78, 5) is 17.5. The van der Waals surface area contributed by atoms with Gasteiger partial charge in [-0.25, -0.2) is 4.98 Å². The summed E-state index contributed by atoms with van der Waals surface area (Å²) in [6.45, 7) is 7.13. The van der Waals surface area contributed by atoms with Gasteiger partial charge in [0.25, 0.3) is 5.91 Å². The summed E-state index contributed by atoms with van der Waals surface area (Å²) in [5.41, 5.74) is 7.56. The highest BCUT2D eigenvalue weighted by molar-refractivity contribution is 7.22. The molecule has 2 aromatic heterocycles. The van der Waals surface area contributed by atoms with Crippen LogP contribution in [0.5, 0.6) is 0 Å². The molecule has 0 fully saturated rings. The molecule has 0 aliphatic heterocycles. The van der Waals surface area contributed by atoms with Gasteiger partial charge in [0.05, 0.1) is 10.2 Å². The molecule has 5 aromatic rings. The lowest BCUT2D eigenvalue weighted by molar-refractivity contribution is 0.102. The third kappa shape index (κ3) is 3.62. The summed E-state index contributed by atoms with van der Waals surface area (Å²) < 4.78 is 3.40. The maximum absolute atomic E-state index is 12.9. The lowest BCUT2D eigenvalue weighted by Gasteiger charge is -2.09. The van der Waals surface area contributed by atoms with E-state index in [1.54, 1.807) is 0 Å². The molecule has 31 heavy (non-hydrogen) atoms. The van der Waals surface area contributed by atoms with Gasteiger partial charge in [-0.15, -0.1) is 0 Å². The van der Waals surface area contributed by atoms with E-state index in [0.717, 1.165) is 27.7 Å². The van der Waals surface area contributed by atoms with Crippen LogP contribution in [0.3, 0.4) is 0 Å². The maximum Gasteiger partial charge on any atom is 0.257 e. The first-order valence-electron chi connectivity index (χ1n) is 10.3. The average molecular weight is 426 g/mol. The Kier molecular flexibility index (Phi) is 4.83. The number of amides is 1. The Hall–Kier alpha value is -3.44. The second-order valence-corrected chi connectivity index (χ2v) is 8.99. The Labute approximate surface area is 185 Å². The SMILES string of the molecule is Cc1ccc2nc(NC(=O)c3ccc4c(c3)c(C)c(C)n4Cc3ccccc3)sc2c1. The van der Waals surface area contributed by atoms with E-state index < -0.39 is 0 Å². The zero-order valence-electron chi connectivity index (χ0n) is 17.8. The molecule has 0 saturated heterocycles. The summed E-state index contributed by atoms with van der Waals surface area (Å²) in [6, 6.07) is 22.5. The normalized spacial score (nSPS) is 11.3. The number of hydrogen-bond acceptors (Lipinski definition) is 3. The zero-order valence-corrected chi connectivity index (χ0v) is 18.6. The van der Waals surface area contributed by atoms with Crippen molar-refractivity contribution in [1.82, 2.24) is 9.55 Å². The monoisotopic (exact) mass is 425 g/mol. The lowest BCUT2D eigenvalue weighted by Crippen LogP contribution is -2.11. The Morgan fingerprint density at radius 3 is 2.61 bits per heavy atom. The van der Waals surface area contributed by atoms with Gasteiger partial charge in [0.1, 0.15) is 0 Å². The van der Waals surface area contributed by atoms with Crippen molar-refractivity contribution in [3.05, 3.63) is 94.7 Å². The minimum Gasteiger partial charge on any atom is -0.340 e. The van der Waals surface area contributed by atoms with Crippen LogP contribution in [0.4, 0.5) is 5.13 Å². The average Bonchev–Trinajstić information content (AvgIpc) is 3.27. The first-order chi connectivity index (χ1) is 15.0. The molecule has 1 N–H and O–H groups in total.